The lowest BCUT2D eigenvalue weighted by Gasteiger charge is -2.27. The number of benzene rings is 7. The van der Waals surface area contributed by atoms with E-state index in [1.165, 1.54) is 5.39 Å². The number of hydrogen-bond acceptors (Lipinski definition) is 3. The molecule has 0 spiro atoms. The Balaban J connectivity index is 1.29. The molecule has 9 rings (SSSR count). The van der Waals surface area contributed by atoms with Crippen LogP contribution in [0.15, 0.2) is 160 Å². The number of nitrogens with zero attached hydrogens (tertiary/aromatic N) is 1. The van der Waals surface area contributed by atoms with Crippen molar-refractivity contribution in [2.45, 2.75) is 0 Å². The first-order valence-electron chi connectivity index (χ1n) is 14.5. The van der Waals surface area contributed by atoms with Gasteiger partial charge in [0, 0.05) is 38.2 Å². The Morgan fingerprint density at radius 2 is 1.07 bits per heavy atom. The molecule has 0 N–H and O–H groups in total. The highest BCUT2D eigenvalue weighted by Gasteiger charge is 2.22. The molecule has 0 radical (unpaired) electrons. The van der Waals surface area contributed by atoms with Crippen molar-refractivity contribution in [2.75, 3.05) is 4.90 Å². The number of anilines is 3. The highest BCUT2D eigenvalue weighted by molar-refractivity contribution is 6.16. The highest BCUT2D eigenvalue weighted by Crippen LogP contribution is 2.46. The third kappa shape index (κ3) is 3.68. The summed E-state index contributed by atoms with van der Waals surface area (Å²) >= 11 is 0. The third-order valence-corrected chi connectivity index (χ3v) is 8.46. The van der Waals surface area contributed by atoms with E-state index >= 15 is 0 Å². The largest absolute Gasteiger partial charge is 0.455 e. The van der Waals surface area contributed by atoms with Crippen molar-refractivity contribution in [3.05, 3.63) is 152 Å². The SMILES string of the molecule is c1ccc(N(c2ccccc2-c2ccc3oc4c5ccccc5ccc4c3c2)c2cccc3c2oc2ccccc23)cc1. The summed E-state index contributed by atoms with van der Waals surface area (Å²) in [5.41, 5.74) is 8.94. The van der Waals surface area contributed by atoms with E-state index in [1.54, 1.807) is 0 Å². The molecule has 0 saturated heterocycles. The number of hydrogen-bond donors (Lipinski definition) is 0. The molecule has 0 fully saturated rings. The Labute approximate surface area is 247 Å². The lowest BCUT2D eigenvalue weighted by atomic mass is 9.99. The van der Waals surface area contributed by atoms with Crippen molar-refractivity contribution in [1.82, 2.24) is 0 Å². The average molecular weight is 552 g/mol. The van der Waals surface area contributed by atoms with Gasteiger partial charge < -0.3 is 13.7 Å². The average Bonchev–Trinajstić information content (AvgIpc) is 3.65. The van der Waals surface area contributed by atoms with Crippen molar-refractivity contribution in [3.63, 3.8) is 0 Å². The predicted molar refractivity (Wildman–Crippen MR) is 179 cm³/mol. The third-order valence-electron chi connectivity index (χ3n) is 8.46. The molecular weight excluding hydrogens is 526 g/mol. The van der Waals surface area contributed by atoms with E-state index in [0.29, 0.717) is 0 Å². The van der Waals surface area contributed by atoms with Gasteiger partial charge in [0.2, 0.25) is 0 Å². The zero-order valence-electron chi connectivity index (χ0n) is 23.2. The fraction of sp³-hybridized carbons (Fsp3) is 0. The van der Waals surface area contributed by atoms with Gasteiger partial charge in [0.25, 0.3) is 0 Å². The molecule has 9 aromatic rings. The minimum atomic E-state index is 0.866. The fourth-order valence-electron chi connectivity index (χ4n) is 6.48. The molecule has 0 saturated carbocycles. The van der Waals surface area contributed by atoms with Crippen LogP contribution in [0.4, 0.5) is 17.1 Å². The number of fused-ring (bicyclic) bond motifs is 8. The van der Waals surface area contributed by atoms with Gasteiger partial charge in [-0.3, -0.25) is 0 Å². The van der Waals surface area contributed by atoms with Crippen molar-refractivity contribution in [2.24, 2.45) is 0 Å². The summed E-state index contributed by atoms with van der Waals surface area (Å²) in [5.74, 6) is 0. The molecule has 43 heavy (non-hydrogen) atoms. The monoisotopic (exact) mass is 551 g/mol. The summed E-state index contributed by atoms with van der Waals surface area (Å²) in [7, 11) is 0. The van der Waals surface area contributed by atoms with Crippen LogP contribution in [0.5, 0.6) is 0 Å². The van der Waals surface area contributed by atoms with Gasteiger partial charge in [0.15, 0.2) is 5.58 Å². The van der Waals surface area contributed by atoms with E-state index in [1.807, 2.05) is 12.1 Å². The van der Waals surface area contributed by atoms with E-state index in [-0.39, 0.29) is 0 Å². The van der Waals surface area contributed by atoms with Gasteiger partial charge in [-0.15, -0.1) is 0 Å². The van der Waals surface area contributed by atoms with Gasteiger partial charge in [-0.1, -0.05) is 103 Å². The van der Waals surface area contributed by atoms with Crippen LogP contribution in [-0.4, -0.2) is 0 Å². The minimum absolute atomic E-state index is 0.866. The molecule has 3 heteroatoms. The fourth-order valence-corrected chi connectivity index (χ4v) is 6.48. The van der Waals surface area contributed by atoms with Crippen LogP contribution >= 0.6 is 0 Å². The van der Waals surface area contributed by atoms with E-state index in [0.717, 1.165) is 77.5 Å². The van der Waals surface area contributed by atoms with Crippen molar-refractivity contribution >= 4 is 71.7 Å². The quantitative estimate of drug-likeness (QED) is 0.218. The Morgan fingerprint density at radius 3 is 2.00 bits per heavy atom. The van der Waals surface area contributed by atoms with Crippen LogP contribution in [0.3, 0.4) is 0 Å². The van der Waals surface area contributed by atoms with E-state index in [9.17, 15) is 0 Å². The van der Waals surface area contributed by atoms with Crippen LogP contribution in [-0.2, 0) is 0 Å². The van der Waals surface area contributed by atoms with E-state index in [4.69, 9.17) is 8.83 Å². The molecule has 0 atom stereocenters. The van der Waals surface area contributed by atoms with Gasteiger partial charge in [-0.2, -0.15) is 0 Å². The molecule has 0 bridgehead atoms. The molecular formula is C40H25NO2. The zero-order valence-corrected chi connectivity index (χ0v) is 23.2. The maximum Gasteiger partial charge on any atom is 0.159 e. The first kappa shape index (κ1) is 23.9. The Bertz CT molecular complexity index is 2470. The van der Waals surface area contributed by atoms with Gasteiger partial charge in [0.1, 0.15) is 16.7 Å². The topological polar surface area (TPSA) is 29.5 Å². The van der Waals surface area contributed by atoms with Gasteiger partial charge in [-0.05, 0) is 59.5 Å². The number of rotatable bonds is 4. The Kier molecular flexibility index (Phi) is 5.20. The van der Waals surface area contributed by atoms with Gasteiger partial charge >= 0.3 is 0 Å². The number of para-hydroxylation sites is 4. The zero-order chi connectivity index (χ0) is 28.3. The molecule has 202 valence electrons. The maximum absolute atomic E-state index is 6.53. The predicted octanol–water partition coefficient (Wildman–Crippen LogP) is 11.8. The molecule has 0 amide bonds. The first-order valence-corrected chi connectivity index (χ1v) is 14.5. The summed E-state index contributed by atoms with van der Waals surface area (Å²) in [5, 5.41) is 6.76. The molecule has 3 nitrogen and oxygen atoms in total. The van der Waals surface area contributed by atoms with Gasteiger partial charge in [0.05, 0.1) is 11.4 Å². The summed E-state index contributed by atoms with van der Waals surface area (Å²) in [4.78, 5) is 2.31. The van der Waals surface area contributed by atoms with Crippen LogP contribution < -0.4 is 4.90 Å². The molecule has 7 aromatic carbocycles. The second kappa shape index (κ2) is 9.37. The lowest BCUT2D eigenvalue weighted by Crippen LogP contribution is -2.11. The van der Waals surface area contributed by atoms with Crippen molar-refractivity contribution < 1.29 is 8.83 Å². The highest BCUT2D eigenvalue weighted by atomic mass is 16.3. The maximum atomic E-state index is 6.53. The summed E-state index contributed by atoms with van der Waals surface area (Å²) < 4.78 is 13.0. The lowest BCUT2D eigenvalue weighted by molar-refractivity contribution is 0.669. The van der Waals surface area contributed by atoms with E-state index < -0.39 is 0 Å². The molecule has 0 aliphatic heterocycles. The standard InChI is InChI=1S/C40H25NO2/c1-2-12-28(13-3-1)41(36-19-10-17-32-31-16-7-9-20-37(31)43-40(32)36)35-18-8-6-14-29(35)27-22-24-38-34(25-27)33-23-21-26-11-4-5-15-30(26)39(33)42-38/h1-25H. The molecule has 2 heterocycles. The second-order valence-electron chi connectivity index (χ2n) is 10.9. The molecule has 0 aliphatic carbocycles. The first-order chi connectivity index (χ1) is 21.3. The second-order valence-corrected chi connectivity index (χ2v) is 10.9. The normalized spacial score (nSPS) is 11.7. The Hall–Kier alpha value is -5.80. The van der Waals surface area contributed by atoms with Crippen LogP contribution in [0.1, 0.15) is 0 Å². The molecule has 2 aromatic heterocycles. The minimum Gasteiger partial charge on any atom is -0.455 e. The van der Waals surface area contributed by atoms with Crippen molar-refractivity contribution in [3.8, 4) is 11.1 Å². The van der Waals surface area contributed by atoms with Gasteiger partial charge in [-0.25, -0.2) is 0 Å². The summed E-state index contributed by atoms with van der Waals surface area (Å²) in [6, 6.07) is 53.0. The molecule has 0 unspecified atom stereocenters. The molecule has 0 aliphatic rings. The van der Waals surface area contributed by atoms with E-state index in [2.05, 4.69) is 144 Å². The smallest absolute Gasteiger partial charge is 0.159 e. The van der Waals surface area contributed by atoms with Crippen LogP contribution in [0.25, 0.3) is 65.8 Å². The number of furan rings is 2. The summed E-state index contributed by atoms with van der Waals surface area (Å²) in [6.45, 7) is 0. The van der Waals surface area contributed by atoms with Crippen LogP contribution in [0, 0.1) is 0 Å². The van der Waals surface area contributed by atoms with Crippen molar-refractivity contribution in [1.29, 1.82) is 0 Å². The Morgan fingerprint density at radius 1 is 0.395 bits per heavy atom. The van der Waals surface area contributed by atoms with Crippen LogP contribution in [0.2, 0.25) is 0 Å². The summed E-state index contributed by atoms with van der Waals surface area (Å²) in [6.07, 6.45) is 0.